The molecule has 0 aliphatic carbocycles. The van der Waals surface area contributed by atoms with Crippen LogP contribution in [0.4, 0.5) is 0 Å². The lowest BCUT2D eigenvalue weighted by atomic mass is 10.1. The van der Waals surface area contributed by atoms with Crippen molar-refractivity contribution in [3.63, 3.8) is 0 Å². The van der Waals surface area contributed by atoms with E-state index in [1.807, 2.05) is 0 Å². The molecule has 0 unspecified atom stereocenters. The minimum absolute atomic E-state index is 1.17. The van der Waals surface area contributed by atoms with Crippen LogP contribution in [0.25, 0.3) is 0 Å². The van der Waals surface area contributed by atoms with Crippen molar-refractivity contribution >= 4 is 0 Å². The Hall–Kier alpha value is -0.520. The van der Waals surface area contributed by atoms with E-state index in [2.05, 4.69) is 38.2 Å². The Morgan fingerprint density at radius 1 is 0.529 bits per heavy atom. The molecule has 0 radical (unpaired) electrons. The second-order valence-electron chi connectivity index (χ2n) is 4.84. The molecule has 0 saturated heterocycles. The molecule has 0 spiro atoms. The lowest BCUT2D eigenvalue weighted by Gasteiger charge is -1.97. The van der Waals surface area contributed by atoms with Crippen LogP contribution in [0.5, 0.6) is 0 Å². The molecule has 0 aliphatic rings. The second kappa shape index (κ2) is 15.5. The second-order valence-corrected chi connectivity index (χ2v) is 4.84. The lowest BCUT2D eigenvalue weighted by molar-refractivity contribution is 0.611. The van der Waals surface area contributed by atoms with Crippen LogP contribution in [0.1, 0.15) is 84.5 Å². The van der Waals surface area contributed by atoms with E-state index in [4.69, 9.17) is 0 Å². The van der Waals surface area contributed by atoms with Crippen molar-refractivity contribution < 1.29 is 0 Å². The maximum Gasteiger partial charge on any atom is -0.0348 e. The number of hydrogen-bond acceptors (Lipinski definition) is 0. The van der Waals surface area contributed by atoms with Crippen molar-refractivity contribution in [2.24, 2.45) is 0 Å². The molecule has 0 aromatic carbocycles. The minimum Gasteiger partial charge on any atom is -0.0888 e. The predicted octanol–water partition coefficient (Wildman–Crippen LogP) is 6.43. The summed E-state index contributed by atoms with van der Waals surface area (Å²) in [7, 11) is 0. The molecule has 0 nitrogen and oxygen atoms in total. The van der Waals surface area contributed by atoms with E-state index in [1.54, 1.807) is 0 Å². The average Bonchev–Trinajstić information content (AvgIpc) is 2.35. The molecule has 0 atom stereocenters. The Balaban J connectivity index is 3.07. The molecule has 0 bridgehead atoms. The highest BCUT2D eigenvalue weighted by atomic mass is 13.9. The molecule has 0 N–H and O–H groups in total. The maximum atomic E-state index is 2.38. The van der Waals surface area contributed by atoms with E-state index in [1.165, 1.54) is 70.6 Å². The molecule has 0 heterocycles. The fourth-order valence-corrected chi connectivity index (χ4v) is 1.92. The van der Waals surface area contributed by atoms with Crippen molar-refractivity contribution in [3.8, 4) is 0 Å². The van der Waals surface area contributed by atoms with Crippen LogP contribution < -0.4 is 0 Å². The van der Waals surface area contributed by atoms with Crippen molar-refractivity contribution in [2.45, 2.75) is 84.5 Å². The zero-order valence-corrected chi connectivity index (χ0v) is 12.1. The highest BCUT2D eigenvalue weighted by Gasteiger charge is 1.88. The maximum absolute atomic E-state index is 2.38. The third-order valence-corrected chi connectivity index (χ3v) is 3.03. The van der Waals surface area contributed by atoms with Crippen LogP contribution in [-0.2, 0) is 0 Å². The van der Waals surface area contributed by atoms with Crippen molar-refractivity contribution in [1.82, 2.24) is 0 Å². The minimum atomic E-state index is 1.17. The summed E-state index contributed by atoms with van der Waals surface area (Å²) < 4.78 is 0. The number of unbranched alkanes of at least 4 members (excludes halogenated alkanes) is 8. The molecule has 0 aliphatic heterocycles. The van der Waals surface area contributed by atoms with E-state index in [0.717, 1.165) is 0 Å². The Kier molecular flexibility index (Phi) is 15.0. The molecule has 17 heavy (non-hydrogen) atoms. The van der Waals surface area contributed by atoms with Gasteiger partial charge < -0.3 is 0 Å². The van der Waals surface area contributed by atoms with Gasteiger partial charge in [-0.05, 0) is 38.5 Å². The zero-order chi connectivity index (χ0) is 12.6. The van der Waals surface area contributed by atoms with Crippen LogP contribution in [0.3, 0.4) is 0 Å². The average molecular weight is 236 g/mol. The fraction of sp³-hybridized carbons (Fsp3) is 0.765. The van der Waals surface area contributed by atoms with E-state index >= 15 is 0 Å². The SMILES string of the molecule is CC/C=C/CCC/C=C\CCCCCCCC. The van der Waals surface area contributed by atoms with Gasteiger partial charge in [-0.3, -0.25) is 0 Å². The van der Waals surface area contributed by atoms with E-state index in [0.29, 0.717) is 0 Å². The van der Waals surface area contributed by atoms with E-state index < -0.39 is 0 Å². The summed E-state index contributed by atoms with van der Waals surface area (Å²) in [5, 5.41) is 0. The van der Waals surface area contributed by atoms with Gasteiger partial charge in [-0.2, -0.15) is 0 Å². The summed E-state index contributed by atoms with van der Waals surface area (Å²) in [6.07, 6.45) is 24.0. The standard InChI is InChI=1S/C17H32/c1-3-5-7-9-11-13-15-17-16-14-12-10-8-6-4-2/h5,7,15,17H,3-4,6,8-14,16H2,1-2H3/b7-5+,17-15-. The molecule has 0 aromatic rings. The zero-order valence-electron chi connectivity index (χ0n) is 12.1. The Bertz CT molecular complexity index is 176. The summed E-state index contributed by atoms with van der Waals surface area (Å²) in [5.74, 6) is 0. The van der Waals surface area contributed by atoms with Gasteiger partial charge in [0.05, 0.1) is 0 Å². The molecule has 0 fully saturated rings. The van der Waals surface area contributed by atoms with E-state index in [9.17, 15) is 0 Å². The number of allylic oxidation sites excluding steroid dienone is 4. The summed E-state index contributed by atoms with van der Waals surface area (Å²) in [4.78, 5) is 0. The number of hydrogen-bond donors (Lipinski definition) is 0. The smallest absolute Gasteiger partial charge is 0.0348 e. The molecular weight excluding hydrogens is 204 g/mol. The molecule has 0 aromatic heterocycles. The van der Waals surface area contributed by atoms with E-state index in [-0.39, 0.29) is 0 Å². The molecule has 0 amide bonds. The Morgan fingerprint density at radius 3 is 1.71 bits per heavy atom. The van der Waals surface area contributed by atoms with Gasteiger partial charge in [0.1, 0.15) is 0 Å². The largest absolute Gasteiger partial charge is 0.0888 e. The molecule has 0 rings (SSSR count). The third kappa shape index (κ3) is 15.5. The van der Waals surface area contributed by atoms with Gasteiger partial charge in [-0.1, -0.05) is 70.3 Å². The Labute approximate surface area is 109 Å². The monoisotopic (exact) mass is 236 g/mol. The fourth-order valence-electron chi connectivity index (χ4n) is 1.92. The molecular formula is C17H32. The Morgan fingerprint density at radius 2 is 1.06 bits per heavy atom. The van der Waals surface area contributed by atoms with Gasteiger partial charge >= 0.3 is 0 Å². The number of rotatable bonds is 12. The molecule has 0 saturated carbocycles. The highest BCUT2D eigenvalue weighted by Crippen LogP contribution is 2.07. The summed E-state index contributed by atoms with van der Waals surface area (Å²) >= 11 is 0. The first-order valence-corrected chi connectivity index (χ1v) is 7.71. The third-order valence-electron chi connectivity index (χ3n) is 3.03. The molecule has 0 heteroatoms. The van der Waals surface area contributed by atoms with Crippen molar-refractivity contribution in [2.75, 3.05) is 0 Å². The van der Waals surface area contributed by atoms with Gasteiger partial charge in [-0.25, -0.2) is 0 Å². The first-order chi connectivity index (χ1) is 8.41. The summed E-state index contributed by atoms with van der Waals surface area (Å²) in [6, 6.07) is 0. The quantitative estimate of drug-likeness (QED) is 0.270. The van der Waals surface area contributed by atoms with Gasteiger partial charge in [0.15, 0.2) is 0 Å². The lowest BCUT2D eigenvalue weighted by Crippen LogP contribution is -1.77. The summed E-state index contributed by atoms with van der Waals surface area (Å²) in [6.45, 7) is 4.47. The van der Waals surface area contributed by atoms with Crippen molar-refractivity contribution in [3.05, 3.63) is 24.3 Å². The summed E-state index contributed by atoms with van der Waals surface area (Å²) in [5.41, 5.74) is 0. The normalized spacial score (nSPS) is 11.9. The van der Waals surface area contributed by atoms with Crippen LogP contribution in [0.2, 0.25) is 0 Å². The van der Waals surface area contributed by atoms with Gasteiger partial charge in [0, 0.05) is 0 Å². The highest BCUT2D eigenvalue weighted by molar-refractivity contribution is 4.84. The van der Waals surface area contributed by atoms with Crippen LogP contribution in [-0.4, -0.2) is 0 Å². The van der Waals surface area contributed by atoms with Gasteiger partial charge in [-0.15, -0.1) is 0 Å². The van der Waals surface area contributed by atoms with Crippen LogP contribution >= 0.6 is 0 Å². The first kappa shape index (κ1) is 16.5. The van der Waals surface area contributed by atoms with Crippen LogP contribution in [0.15, 0.2) is 24.3 Å². The molecule has 100 valence electrons. The predicted molar refractivity (Wildman–Crippen MR) is 80.4 cm³/mol. The van der Waals surface area contributed by atoms with Gasteiger partial charge in [0.2, 0.25) is 0 Å². The van der Waals surface area contributed by atoms with Crippen LogP contribution in [0, 0.1) is 0 Å². The topological polar surface area (TPSA) is 0 Å². The first-order valence-electron chi connectivity index (χ1n) is 7.71. The van der Waals surface area contributed by atoms with Gasteiger partial charge in [0.25, 0.3) is 0 Å². The van der Waals surface area contributed by atoms with Crippen molar-refractivity contribution in [1.29, 1.82) is 0 Å².